The fourth-order valence-corrected chi connectivity index (χ4v) is 3.25. The highest BCUT2D eigenvalue weighted by molar-refractivity contribution is 5.66. The van der Waals surface area contributed by atoms with Crippen molar-refractivity contribution in [1.29, 1.82) is 0 Å². The van der Waals surface area contributed by atoms with Crippen LogP contribution in [-0.2, 0) is 9.53 Å². The molecule has 98 valence electrons. The standard InChI is InChI=1S/C15H26O2/c1-10-8-7-9-15(5,6)14(10)11(2)12(3)17-13(4)16/h11-12H,7-9H2,1-6H3/t11-,12?/m0/s1. The molecule has 2 nitrogen and oxygen atoms in total. The van der Waals surface area contributed by atoms with Gasteiger partial charge in [0.05, 0.1) is 0 Å². The van der Waals surface area contributed by atoms with E-state index in [1.165, 1.54) is 37.3 Å². The number of hydrogen-bond acceptors (Lipinski definition) is 2. The van der Waals surface area contributed by atoms with Gasteiger partial charge in [-0.1, -0.05) is 31.9 Å². The first-order valence-corrected chi connectivity index (χ1v) is 6.63. The summed E-state index contributed by atoms with van der Waals surface area (Å²) in [4.78, 5) is 11.0. The van der Waals surface area contributed by atoms with Gasteiger partial charge in [-0.25, -0.2) is 0 Å². The first-order chi connectivity index (χ1) is 7.75. The van der Waals surface area contributed by atoms with E-state index in [1.807, 2.05) is 6.92 Å². The van der Waals surface area contributed by atoms with Crippen LogP contribution in [0.15, 0.2) is 11.1 Å². The molecule has 0 radical (unpaired) electrons. The summed E-state index contributed by atoms with van der Waals surface area (Å²) in [6.45, 7) is 12.5. The molecule has 1 aliphatic rings. The summed E-state index contributed by atoms with van der Waals surface area (Å²) in [7, 11) is 0. The summed E-state index contributed by atoms with van der Waals surface area (Å²) in [5.74, 6) is 0.130. The lowest BCUT2D eigenvalue weighted by Crippen LogP contribution is -2.31. The lowest BCUT2D eigenvalue weighted by molar-refractivity contribution is -0.147. The highest BCUT2D eigenvalue weighted by Gasteiger charge is 2.34. The summed E-state index contributed by atoms with van der Waals surface area (Å²) >= 11 is 0. The third kappa shape index (κ3) is 3.34. The lowest BCUT2D eigenvalue weighted by atomic mass is 9.67. The smallest absolute Gasteiger partial charge is 0.302 e. The molecule has 0 N–H and O–H groups in total. The second-order valence-corrected chi connectivity index (χ2v) is 6.03. The highest BCUT2D eigenvalue weighted by Crippen LogP contribution is 2.44. The van der Waals surface area contributed by atoms with Crippen molar-refractivity contribution in [2.45, 2.75) is 66.9 Å². The van der Waals surface area contributed by atoms with Crippen LogP contribution in [0.1, 0.15) is 60.8 Å². The minimum Gasteiger partial charge on any atom is -0.462 e. The third-order valence-electron chi connectivity index (χ3n) is 4.05. The largest absolute Gasteiger partial charge is 0.462 e. The van der Waals surface area contributed by atoms with Gasteiger partial charge >= 0.3 is 5.97 Å². The van der Waals surface area contributed by atoms with Crippen molar-refractivity contribution in [3.05, 3.63) is 11.1 Å². The van der Waals surface area contributed by atoms with Crippen molar-refractivity contribution in [2.24, 2.45) is 11.3 Å². The number of hydrogen-bond donors (Lipinski definition) is 0. The SMILES string of the molecule is CC(=O)OC(C)[C@H](C)C1=C(C)CCCC1(C)C. The molecule has 1 unspecified atom stereocenters. The van der Waals surface area contributed by atoms with Crippen molar-refractivity contribution in [1.82, 2.24) is 0 Å². The topological polar surface area (TPSA) is 26.3 Å². The summed E-state index contributed by atoms with van der Waals surface area (Å²) in [5, 5.41) is 0. The maximum atomic E-state index is 11.0. The Morgan fingerprint density at radius 1 is 1.35 bits per heavy atom. The van der Waals surface area contributed by atoms with Gasteiger partial charge in [-0.2, -0.15) is 0 Å². The molecule has 1 aliphatic carbocycles. The maximum Gasteiger partial charge on any atom is 0.302 e. The number of rotatable bonds is 3. The zero-order chi connectivity index (χ0) is 13.2. The van der Waals surface area contributed by atoms with Gasteiger partial charge in [0.25, 0.3) is 0 Å². The van der Waals surface area contributed by atoms with Crippen LogP contribution in [0.5, 0.6) is 0 Å². The Kier molecular flexibility index (Phi) is 4.40. The third-order valence-corrected chi connectivity index (χ3v) is 4.05. The van der Waals surface area contributed by atoms with Crippen LogP contribution in [0.25, 0.3) is 0 Å². The Morgan fingerprint density at radius 2 is 1.94 bits per heavy atom. The van der Waals surface area contributed by atoms with E-state index in [1.54, 1.807) is 0 Å². The predicted molar refractivity (Wildman–Crippen MR) is 70.7 cm³/mol. The second kappa shape index (κ2) is 5.24. The van der Waals surface area contributed by atoms with Crippen molar-refractivity contribution in [3.8, 4) is 0 Å². The first-order valence-electron chi connectivity index (χ1n) is 6.63. The van der Waals surface area contributed by atoms with E-state index in [2.05, 4.69) is 27.7 Å². The van der Waals surface area contributed by atoms with Crippen molar-refractivity contribution >= 4 is 5.97 Å². The molecule has 0 saturated heterocycles. The summed E-state index contributed by atoms with van der Waals surface area (Å²) in [5.41, 5.74) is 3.24. The summed E-state index contributed by atoms with van der Waals surface area (Å²) in [6, 6.07) is 0. The van der Waals surface area contributed by atoms with Gasteiger partial charge in [0.15, 0.2) is 0 Å². The minimum absolute atomic E-state index is 0.0326. The molecule has 0 fully saturated rings. The number of allylic oxidation sites excluding steroid dienone is 1. The van der Waals surface area contributed by atoms with Crippen molar-refractivity contribution in [2.75, 3.05) is 0 Å². The Labute approximate surface area is 105 Å². The van der Waals surface area contributed by atoms with E-state index in [0.29, 0.717) is 5.92 Å². The molecule has 2 heteroatoms. The predicted octanol–water partition coefficient (Wildman–Crippen LogP) is 4.10. The molecule has 17 heavy (non-hydrogen) atoms. The number of carbonyl (C=O) groups excluding carboxylic acids is 1. The quantitative estimate of drug-likeness (QED) is 0.546. The first kappa shape index (κ1) is 14.3. The Hall–Kier alpha value is -0.790. The minimum atomic E-state index is -0.184. The number of esters is 1. The van der Waals surface area contributed by atoms with Gasteiger partial charge in [0.2, 0.25) is 0 Å². The molecule has 0 aromatic heterocycles. The van der Waals surface area contributed by atoms with Crippen molar-refractivity contribution in [3.63, 3.8) is 0 Å². The molecule has 1 rings (SSSR count). The molecule has 0 heterocycles. The van der Waals surface area contributed by atoms with E-state index in [0.717, 1.165) is 0 Å². The molecule has 0 saturated carbocycles. The number of ether oxygens (including phenoxy) is 1. The summed E-state index contributed by atoms with van der Waals surface area (Å²) in [6.07, 6.45) is 3.67. The molecule has 0 spiro atoms. The molecule has 0 aromatic carbocycles. The normalized spacial score (nSPS) is 23.2. The Balaban J connectivity index is 2.92. The van der Waals surface area contributed by atoms with E-state index < -0.39 is 0 Å². The van der Waals surface area contributed by atoms with E-state index >= 15 is 0 Å². The van der Waals surface area contributed by atoms with Gasteiger partial charge in [-0.05, 0) is 38.5 Å². The van der Waals surface area contributed by atoms with Crippen LogP contribution in [0.4, 0.5) is 0 Å². The van der Waals surface area contributed by atoms with Gasteiger partial charge < -0.3 is 4.74 Å². The fraction of sp³-hybridized carbons (Fsp3) is 0.800. The fourth-order valence-electron chi connectivity index (χ4n) is 3.25. The molecule has 0 aliphatic heterocycles. The van der Waals surface area contributed by atoms with Gasteiger partial charge in [-0.15, -0.1) is 0 Å². The summed E-state index contributed by atoms with van der Waals surface area (Å²) < 4.78 is 5.33. The van der Waals surface area contributed by atoms with Gasteiger partial charge in [-0.3, -0.25) is 4.79 Å². The lowest BCUT2D eigenvalue weighted by Gasteiger charge is -2.39. The van der Waals surface area contributed by atoms with E-state index in [4.69, 9.17) is 4.74 Å². The van der Waals surface area contributed by atoms with Crippen LogP contribution >= 0.6 is 0 Å². The molecule has 0 bridgehead atoms. The average Bonchev–Trinajstić information content (AvgIpc) is 2.14. The van der Waals surface area contributed by atoms with E-state index in [9.17, 15) is 4.79 Å². The monoisotopic (exact) mass is 238 g/mol. The Morgan fingerprint density at radius 3 is 2.41 bits per heavy atom. The Bertz CT molecular complexity index is 326. The zero-order valence-corrected chi connectivity index (χ0v) is 12.1. The molecule has 0 amide bonds. The highest BCUT2D eigenvalue weighted by atomic mass is 16.5. The van der Waals surface area contributed by atoms with E-state index in [-0.39, 0.29) is 17.5 Å². The molecular formula is C15H26O2. The van der Waals surface area contributed by atoms with Gasteiger partial charge in [0.1, 0.15) is 6.10 Å². The van der Waals surface area contributed by atoms with Crippen LogP contribution in [0.2, 0.25) is 0 Å². The zero-order valence-electron chi connectivity index (χ0n) is 12.1. The molecule has 0 aromatic rings. The second-order valence-electron chi connectivity index (χ2n) is 6.03. The van der Waals surface area contributed by atoms with Crippen LogP contribution < -0.4 is 0 Å². The molecular weight excluding hydrogens is 212 g/mol. The van der Waals surface area contributed by atoms with Crippen LogP contribution in [0.3, 0.4) is 0 Å². The van der Waals surface area contributed by atoms with Crippen molar-refractivity contribution < 1.29 is 9.53 Å². The average molecular weight is 238 g/mol. The van der Waals surface area contributed by atoms with Gasteiger partial charge in [0, 0.05) is 12.8 Å². The van der Waals surface area contributed by atoms with Crippen LogP contribution in [-0.4, -0.2) is 12.1 Å². The molecule has 2 atom stereocenters. The maximum absolute atomic E-state index is 11.0. The van der Waals surface area contributed by atoms with Crippen LogP contribution in [0, 0.1) is 11.3 Å². The number of carbonyl (C=O) groups is 1.